The zero-order valence-electron chi connectivity index (χ0n) is 10.5. The number of carbonyl (C=O) groups excluding carboxylic acids is 2. The van der Waals surface area contributed by atoms with E-state index in [1.54, 1.807) is 4.90 Å². The Bertz CT molecular complexity index is 523. The molecule has 1 aliphatic heterocycles. The van der Waals surface area contributed by atoms with Gasteiger partial charge in [-0.25, -0.2) is 0 Å². The fourth-order valence-corrected chi connectivity index (χ4v) is 2.09. The minimum Gasteiger partial charge on any atom is -0.480 e. The molecule has 0 bridgehead atoms. The fraction of sp³-hybridized carbons (Fsp3) is 0.308. The lowest BCUT2D eigenvalue weighted by atomic mass is 10.1. The number of carboxylic acids is 1. The van der Waals surface area contributed by atoms with E-state index in [-0.39, 0.29) is 13.1 Å². The molecular formula is C13H14N2O4. The van der Waals surface area contributed by atoms with Crippen LogP contribution in [0.4, 0.5) is 5.69 Å². The van der Waals surface area contributed by atoms with Crippen LogP contribution >= 0.6 is 0 Å². The molecule has 19 heavy (non-hydrogen) atoms. The van der Waals surface area contributed by atoms with E-state index in [4.69, 9.17) is 5.11 Å². The van der Waals surface area contributed by atoms with Crippen molar-refractivity contribution < 1.29 is 19.5 Å². The van der Waals surface area contributed by atoms with Gasteiger partial charge in [-0.2, -0.15) is 0 Å². The van der Waals surface area contributed by atoms with Crippen LogP contribution in [0, 0.1) is 6.92 Å². The van der Waals surface area contributed by atoms with Crippen LogP contribution in [-0.2, 0) is 14.4 Å². The van der Waals surface area contributed by atoms with Crippen molar-refractivity contribution in [3.05, 3.63) is 29.8 Å². The van der Waals surface area contributed by atoms with Gasteiger partial charge < -0.3 is 10.0 Å². The third-order valence-corrected chi connectivity index (χ3v) is 3.00. The number of piperazine rings is 1. The fourth-order valence-electron chi connectivity index (χ4n) is 2.09. The zero-order chi connectivity index (χ0) is 14.0. The molecule has 1 aliphatic rings. The minimum atomic E-state index is -1.19. The number of carbonyl (C=O) groups is 3. The van der Waals surface area contributed by atoms with E-state index in [2.05, 4.69) is 0 Å². The van der Waals surface area contributed by atoms with Gasteiger partial charge in [0.15, 0.2) is 0 Å². The molecule has 1 fully saturated rings. The molecule has 100 valence electrons. The number of anilines is 1. The van der Waals surface area contributed by atoms with Gasteiger partial charge >= 0.3 is 5.97 Å². The van der Waals surface area contributed by atoms with Crippen molar-refractivity contribution in [1.29, 1.82) is 0 Å². The summed E-state index contributed by atoms with van der Waals surface area (Å²) in [6, 6.07) is 7.45. The van der Waals surface area contributed by atoms with Gasteiger partial charge in [-0.1, -0.05) is 18.2 Å². The van der Waals surface area contributed by atoms with Crippen molar-refractivity contribution in [1.82, 2.24) is 4.90 Å². The molecule has 1 N–H and O–H groups in total. The molecule has 0 spiro atoms. The molecule has 1 saturated heterocycles. The molecule has 2 amide bonds. The number of benzene rings is 1. The number of amides is 2. The van der Waals surface area contributed by atoms with Crippen molar-refractivity contribution in [3.63, 3.8) is 0 Å². The lowest BCUT2D eigenvalue weighted by molar-refractivity contribution is -0.153. The van der Waals surface area contributed by atoms with Crippen LogP contribution in [0.1, 0.15) is 5.56 Å². The second-order valence-corrected chi connectivity index (χ2v) is 4.41. The molecule has 1 heterocycles. The van der Waals surface area contributed by atoms with E-state index in [0.717, 1.165) is 16.2 Å². The summed E-state index contributed by atoms with van der Waals surface area (Å²) in [5.41, 5.74) is 1.79. The van der Waals surface area contributed by atoms with Crippen LogP contribution in [0.5, 0.6) is 0 Å². The molecule has 0 aromatic heterocycles. The summed E-state index contributed by atoms with van der Waals surface area (Å²) in [4.78, 5) is 36.7. The van der Waals surface area contributed by atoms with Crippen LogP contribution < -0.4 is 4.90 Å². The number of imide groups is 1. The zero-order valence-corrected chi connectivity index (χ0v) is 10.5. The van der Waals surface area contributed by atoms with Gasteiger partial charge in [0.25, 0.3) is 0 Å². The molecule has 6 heteroatoms. The molecule has 0 radical (unpaired) electrons. The molecule has 0 saturated carbocycles. The second-order valence-electron chi connectivity index (χ2n) is 4.41. The summed E-state index contributed by atoms with van der Waals surface area (Å²) in [6.45, 7) is 1.36. The van der Waals surface area contributed by atoms with E-state index >= 15 is 0 Å². The van der Waals surface area contributed by atoms with Crippen LogP contribution in [0.2, 0.25) is 0 Å². The lowest BCUT2D eigenvalue weighted by Crippen LogP contribution is -2.55. The van der Waals surface area contributed by atoms with Crippen molar-refractivity contribution in [3.8, 4) is 0 Å². The van der Waals surface area contributed by atoms with E-state index in [9.17, 15) is 14.4 Å². The van der Waals surface area contributed by atoms with Crippen molar-refractivity contribution in [2.24, 2.45) is 0 Å². The number of hydrogen-bond donors (Lipinski definition) is 1. The van der Waals surface area contributed by atoms with Gasteiger partial charge in [0.2, 0.25) is 11.8 Å². The normalized spacial score (nSPS) is 15.8. The van der Waals surface area contributed by atoms with Gasteiger partial charge in [0, 0.05) is 5.69 Å². The van der Waals surface area contributed by atoms with Gasteiger partial charge in [-0.15, -0.1) is 0 Å². The third kappa shape index (κ3) is 2.73. The second kappa shape index (κ2) is 5.09. The average molecular weight is 262 g/mol. The van der Waals surface area contributed by atoms with E-state index in [1.165, 1.54) is 0 Å². The summed E-state index contributed by atoms with van der Waals surface area (Å²) < 4.78 is 0. The molecule has 2 rings (SSSR count). The van der Waals surface area contributed by atoms with Crippen LogP contribution in [0.25, 0.3) is 0 Å². The molecule has 0 unspecified atom stereocenters. The quantitative estimate of drug-likeness (QED) is 0.790. The first-order chi connectivity index (χ1) is 8.99. The van der Waals surface area contributed by atoms with E-state index < -0.39 is 24.3 Å². The Hall–Kier alpha value is -2.37. The van der Waals surface area contributed by atoms with Gasteiger partial charge in [0.1, 0.15) is 6.54 Å². The number of aliphatic carboxylic acids is 1. The average Bonchev–Trinajstić information content (AvgIpc) is 2.34. The van der Waals surface area contributed by atoms with Crippen LogP contribution in [0.15, 0.2) is 24.3 Å². The molecule has 0 atom stereocenters. The Morgan fingerprint density at radius 2 is 1.79 bits per heavy atom. The van der Waals surface area contributed by atoms with Gasteiger partial charge in [0.05, 0.1) is 13.1 Å². The summed E-state index contributed by atoms with van der Waals surface area (Å²) in [7, 11) is 0. The first-order valence-electron chi connectivity index (χ1n) is 5.84. The minimum absolute atomic E-state index is 0.0177. The molecule has 1 aromatic carbocycles. The Labute approximate surface area is 110 Å². The molecule has 6 nitrogen and oxygen atoms in total. The van der Waals surface area contributed by atoms with Gasteiger partial charge in [-0.3, -0.25) is 19.3 Å². The Kier molecular flexibility index (Phi) is 3.50. The van der Waals surface area contributed by atoms with Crippen molar-refractivity contribution in [2.75, 3.05) is 24.5 Å². The topological polar surface area (TPSA) is 77.9 Å². The summed E-state index contributed by atoms with van der Waals surface area (Å²) in [5, 5.41) is 8.67. The predicted octanol–water partition coefficient (Wildman–Crippen LogP) is 0.255. The maximum atomic E-state index is 11.8. The number of nitrogens with zero attached hydrogens (tertiary/aromatic N) is 2. The number of hydrogen-bond acceptors (Lipinski definition) is 4. The Morgan fingerprint density at radius 1 is 1.21 bits per heavy atom. The molecular weight excluding hydrogens is 248 g/mol. The largest absolute Gasteiger partial charge is 0.480 e. The summed E-state index contributed by atoms with van der Waals surface area (Å²) >= 11 is 0. The van der Waals surface area contributed by atoms with E-state index in [1.807, 2.05) is 31.2 Å². The number of para-hydroxylation sites is 1. The lowest BCUT2D eigenvalue weighted by Gasteiger charge is -2.33. The third-order valence-electron chi connectivity index (χ3n) is 3.00. The first-order valence-corrected chi connectivity index (χ1v) is 5.84. The van der Waals surface area contributed by atoms with Gasteiger partial charge in [-0.05, 0) is 18.6 Å². The van der Waals surface area contributed by atoms with E-state index in [0.29, 0.717) is 0 Å². The molecule has 1 aromatic rings. The maximum Gasteiger partial charge on any atom is 0.323 e. The monoisotopic (exact) mass is 262 g/mol. The summed E-state index contributed by atoms with van der Waals surface area (Å²) in [6.07, 6.45) is 0. The molecule has 0 aliphatic carbocycles. The smallest absolute Gasteiger partial charge is 0.323 e. The highest BCUT2D eigenvalue weighted by Gasteiger charge is 2.32. The van der Waals surface area contributed by atoms with Crippen molar-refractivity contribution >= 4 is 23.5 Å². The Balaban J connectivity index is 2.18. The van der Waals surface area contributed by atoms with Crippen LogP contribution in [-0.4, -0.2) is 47.4 Å². The highest BCUT2D eigenvalue weighted by molar-refractivity contribution is 6.04. The maximum absolute atomic E-state index is 11.8. The SMILES string of the molecule is Cc1ccccc1N1CC(=O)N(CC(=O)O)C(=O)C1. The van der Waals surface area contributed by atoms with Crippen LogP contribution in [0.3, 0.4) is 0 Å². The number of carboxylic acid groups (broad SMARTS) is 1. The van der Waals surface area contributed by atoms with Crippen molar-refractivity contribution in [2.45, 2.75) is 6.92 Å². The highest BCUT2D eigenvalue weighted by atomic mass is 16.4. The predicted molar refractivity (Wildman–Crippen MR) is 67.7 cm³/mol. The standard InChI is InChI=1S/C13H14N2O4/c1-9-4-2-3-5-10(9)14-6-11(16)15(8-13(18)19)12(17)7-14/h2-5H,6-8H2,1H3,(H,18,19). The Morgan fingerprint density at radius 3 is 2.32 bits per heavy atom. The number of aryl methyl sites for hydroxylation is 1. The number of rotatable bonds is 3. The summed E-state index contributed by atoms with van der Waals surface area (Å²) in [5.74, 6) is -2.16. The highest BCUT2D eigenvalue weighted by Crippen LogP contribution is 2.21. The first kappa shape index (κ1) is 13.1.